The van der Waals surface area contributed by atoms with Crippen molar-refractivity contribution in [2.24, 2.45) is 0 Å². The average molecular weight is 433 g/mol. The van der Waals surface area contributed by atoms with Crippen LogP contribution in [0.1, 0.15) is 18.4 Å². The molecule has 5 rings (SSSR count). The summed E-state index contributed by atoms with van der Waals surface area (Å²) in [4.78, 5) is 13.0. The highest BCUT2D eigenvalue weighted by molar-refractivity contribution is 7.98. The zero-order valence-electron chi connectivity index (χ0n) is 14.9. The van der Waals surface area contributed by atoms with Crippen LogP contribution in [0.15, 0.2) is 45.7 Å². The van der Waals surface area contributed by atoms with Crippen LogP contribution in [0.5, 0.6) is 0 Å². The van der Waals surface area contributed by atoms with Gasteiger partial charge in [0.05, 0.1) is 18.2 Å². The maximum absolute atomic E-state index is 13.0. The van der Waals surface area contributed by atoms with Crippen LogP contribution in [0, 0.1) is 0 Å². The van der Waals surface area contributed by atoms with Crippen LogP contribution < -0.4 is 5.56 Å². The van der Waals surface area contributed by atoms with Gasteiger partial charge in [0.15, 0.2) is 5.16 Å². The fourth-order valence-electron chi connectivity index (χ4n) is 3.52. The van der Waals surface area contributed by atoms with Crippen molar-refractivity contribution in [2.75, 3.05) is 6.61 Å². The van der Waals surface area contributed by atoms with Crippen LogP contribution in [0.25, 0.3) is 16.0 Å². The van der Waals surface area contributed by atoms with E-state index in [1.165, 1.54) is 11.3 Å². The average Bonchev–Trinajstić information content (AvgIpc) is 3.43. The first-order valence-electron chi connectivity index (χ1n) is 9.05. The Bertz CT molecular complexity index is 1210. The fourth-order valence-corrected chi connectivity index (χ4v) is 5.44. The second kappa shape index (κ2) is 7.51. The summed E-state index contributed by atoms with van der Waals surface area (Å²) in [6, 6.07) is 9.75. The lowest BCUT2D eigenvalue weighted by Gasteiger charge is -2.13. The number of fused-ring (bicyclic) bond motifs is 3. The predicted molar refractivity (Wildman–Crippen MR) is 113 cm³/mol. The minimum atomic E-state index is -0.0215. The van der Waals surface area contributed by atoms with Gasteiger partial charge >= 0.3 is 0 Å². The summed E-state index contributed by atoms with van der Waals surface area (Å²) in [5.41, 5.74) is 1.95. The van der Waals surface area contributed by atoms with Crippen molar-refractivity contribution >= 4 is 50.7 Å². The van der Waals surface area contributed by atoms with Crippen molar-refractivity contribution in [3.8, 4) is 0 Å². The van der Waals surface area contributed by atoms with Crippen LogP contribution in [0.2, 0.25) is 5.02 Å². The van der Waals surface area contributed by atoms with Crippen molar-refractivity contribution in [1.29, 1.82) is 0 Å². The highest BCUT2D eigenvalue weighted by Crippen LogP contribution is 2.27. The summed E-state index contributed by atoms with van der Waals surface area (Å²) in [6.07, 6.45) is 2.05. The zero-order chi connectivity index (χ0) is 19.1. The molecule has 1 saturated heterocycles. The molecule has 144 valence electrons. The molecule has 0 N–H and O–H groups in total. The Hall–Kier alpha value is -1.87. The largest absolute Gasteiger partial charge is 0.376 e. The number of hydrogen-bond acceptors (Lipinski definition) is 6. The van der Waals surface area contributed by atoms with Crippen molar-refractivity contribution in [3.05, 3.63) is 56.7 Å². The first-order valence-corrected chi connectivity index (χ1v) is 11.3. The number of nitrogens with zero attached hydrogens (tertiary/aromatic N) is 4. The van der Waals surface area contributed by atoms with Gasteiger partial charge in [-0.05, 0) is 42.0 Å². The van der Waals surface area contributed by atoms with E-state index in [1.54, 1.807) is 16.3 Å². The van der Waals surface area contributed by atoms with Crippen molar-refractivity contribution in [2.45, 2.75) is 36.4 Å². The van der Waals surface area contributed by atoms with Gasteiger partial charge in [0.1, 0.15) is 4.70 Å². The third-order valence-electron chi connectivity index (χ3n) is 4.85. The Balaban J connectivity index is 1.57. The van der Waals surface area contributed by atoms with Crippen LogP contribution >= 0.6 is 34.7 Å². The molecule has 0 aliphatic carbocycles. The predicted octanol–water partition coefficient (Wildman–Crippen LogP) is 4.23. The quantitative estimate of drug-likeness (QED) is 0.441. The van der Waals surface area contributed by atoms with Crippen molar-refractivity contribution in [3.63, 3.8) is 0 Å². The lowest BCUT2D eigenvalue weighted by molar-refractivity contribution is 0.0969. The normalized spacial score (nSPS) is 17.1. The highest BCUT2D eigenvalue weighted by atomic mass is 35.5. The summed E-state index contributed by atoms with van der Waals surface area (Å²) < 4.78 is 10.2. The van der Waals surface area contributed by atoms with Gasteiger partial charge in [-0.3, -0.25) is 13.8 Å². The molecule has 0 radical (unpaired) electrons. The zero-order valence-corrected chi connectivity index (χ0v) is 17.3. The summed E-state index contributed by atoms with van der Waals surface area (Å²) >= 11 is 9.13. The standard InChI is InChI=1S/C19H17ClN4O2S2/c20-13-4-1-3-12(9-13)11-28-19-22-21-18-23(10-14-5-2-7-26-14)17(25)16-15(24(18)19)6-8-27-16/h1,3-4,6,8-9,14H,2,5,7,10-11H2/t14-/m1/s1. The van der Waals surface area contributed by atoms with Crippen LogP contribution in [-0.2, 0) is 17.0 Å². The Kier molecular flexibility index (Phi) is 4.88. The highest BCUT2D eigenvalue weighted by Gasteiger charge is 2.22. The van der Waals surface area contributed by atoms with E-state index in [-0.39, 0.29) is 11.7 Å². The molecule has 0 bridgehead atoms. The van der Waals surface area contributed by atoms with E-state index in [0.717, 1.165) is 51.2 Å². The molecule has 0 saturated carbocycles. The minimum absolute atomic E-state index is 0.0215. The molecule has 6 nitrogen and oxygen atoms in total. The number of halogens is 1. The van der Waals surface area contributed by atoms with Crippen molar-refractivity contribution < 1.29 is 4.74 Å². The first-order chi connectivity index (χ1) is 13.7. The van der Waals surface area contributed by atoms with Gasteiger partial charge < -0.3 is 4.74 Å². The second-order valence-electron chi connectivity index (χ2n) is 6.72. The molecule has 1 fully saturated rings. The van der Waals surface area contributed by atoms with Crippen LogP contribution in [0.3, 0.4) is 0 Å². The molecule has 0 unspecified atom stereocenters. The smallest absolute Gasteiger partial charge is 0.272 e. The van der Waals surface area contributed by atoms with Gasteiger partial charge in [0, 0.05) is 17.4 Å². The van der Waals surface area contributed by atoms with Gasteiger partial charge in [0.25, 0.3) is 5.56 Å². The molecule has 0 spiro atoms. The Morgan fingerprint density at radius 3 is 3.07 bits per heavy atom. The van der Waals surface area contributed by atoms with Crippen molar-refractivity contribution in [1.82, 2.24) is 19.2 Å². The third kappa shape index (κ3) is 3.24. The Morgan fingerprint density at radius 1 is 1.32 bits per heavy atom. The number of benzene rings is 1. The Labute approximate surface area is 174 Å². The van der Waals surface area contributed by atoms with Gasteiger partial charge in [0.2, 0.25) is 5.78 Å². The maximum Gasteiger partial charge on any atom is 0.272 e. The number of thioether (sulfide) groups is 1. The molecule has 28 heavy (non-hydrogen) atoms. The molecule has 1 atom stereocenters. The molecule has 0 amide bonds. The molecule has 4 aromatic rings. The number of hydrogen-bond donors (Lipinski definition) is 0. The summed E-state index contributed by atoms with van der Waals surface area (Å²) in [7, 11) is 0. The number of ether oxygens (including phenoxy) is 1. The van der Waals surface area contributed by atoms with Crippen LogP contribution in [-0.4, -0.2) is 31.9 Å². The number of rotatable bonds is 5. The SMILES string of the molecule is O=c1c2sccc2n2c(SCc3cccc(Cl)c3)nnc2n1C[C@H]1CCCO1. The van der Waals surface area contributed by atoms with Gasteiger partial charge in [-0.25, -0.2) is 0 Å². The lowest BCUT2D eigenvalue weighted by Crippen LogP contribution is -2.28. The summed E-state index contributed by atoms with van der Waals surface area (Å²) in [5, 5.41) is 12.2. The minimum Gasteiger partial charge on any atom is -0.376 e. The number of aromatic nitrogens is 4. The maximum atomic E-state index is 13.0. The lowest BCUT2D eigenvalue weighted by atomic mass is 10.2. The molecule has 9 heteroatoms. The fraction of sp³-hybridized carbons (Fsp3) is 0.316. The number of thiophene rings is 1. The topological polar surface area (TPSA) is 61.4 Å². The molecule has 1 aliphatic heterocycles. The van der Waals surface area contributed by atoms with E-state index < -0.39 is 0 Å². The molecule has 4 heterocycles. The molecule has 1 aliphatic rings. The van der Waals surface area contributed by atoms with E-state index >= 15 is 0 Å². The third-order valence-corrected chi connectivity index (χ3v) is 6.98. The monoisotopic (exact) mass is 432 g/mol. The molecular weight excluding hydrogens is 416 g/mol. The second-order valence-corrected chi connectivity index (χ2v) is 9.02. The Morgan fingerprint density at radius 2 is 2.25 bits per heavy atom. The van der Waals surface area contributed by atoms with E-state index in [2.05, 4.69) is 10.2 Å². The van der Waals surface area contributed by atoms with E-state index in [9.17, 15) is 4.79 Å². The molecule has 1 aromatic carbocycles. The van der Waals surface area contributed by atoms with E-state index in [4.69, 9.17) is 16.3 Å². The molecular formula is C19H17ClN4O2S2. The summed E-state index contributed by atoms with van der Waals surface area (Å²) in [5.74, 6) is 1.29. The van der Waals surface area contributed by atoms with Gasteiger partial charge in [-0.15, -0.1) is 21.5 Å². The van der Waals surface area contributed by atoms with E-state index in [0.29, 0.717) is 12.3 Å². The van der Waals surface area contributed by atoms with Gasteiger partial charge in [-0.2, -0.15) is 0 Å². The first kappa shape index (κ1) is 18.2. The summed E-state index contributed by atoms with van der Waals surface area (Å²) in [6.45, 7) is 1.26. The van der Waals surface area contributed by atoms with Gasteiger partial charge in [-0.1, -0.05) is 35.5 Å². The van der Waals surface area contributed by atoms with E-state index in [1.807, 2.05) is 40.1 Å². The molecule has 3 aromatic heterocycles. The van der Waals surface area contributed by atoms with Crippen LogP contribution in [0.4, 0.5) is 0 Å².